The number of hydrogen-bond acceptors (Lipinski definition) is 5. The normalized spacial score (nSPS) is 11.0. The van der Waals surface area contributed by atoms with Crippen molar-refractivity contribution >= 4 is 23.3 Å². The Morgan fingerprint density at radius 1 is 1.25 bits per heavy atom. The summed E-state index contributed by atoms with van der Waals surface area (Å²) in [4.78, 5) is 32.2. The van der Waals surface area contributed by atoms with E-state index in [0.29, 0.717) is 16.8 Å². The van der Waals surface area contributed by atoms with Gasteiger partial charge in [0.2, 0.25) is 5.88 Å². The van der Waals surface area contributed by atoms with Gasteiger partial charge < -0.3 is 10.1 Å². The molecule has 150 valence electrons. The third-order valence-corrected chi connectivity index (χ3v) is 4.01. The van der Waals surface area contributed by atoms with Crippen molar-refractivity contribution in [3.8, 4) is 5.88 Å². The summed E-state index contributed by atoms with van der Waals surface area (Å²) in [5.74, 6) is -0.510. The number of hydrogen-bond donors (Lipinski definition) is 1. The van der Waals surface area contributed by atoms with E-state index in [9.17, 15) is 18.4 Å². The first-order chi connectivity index (χ1) is 13.3. The number of pyridine rings is 2. The van der Waals surface area contributed by atoms with Crippen LogP contribution in [-0.4, -0.2) is 34.7 Å². The van der Waals surface area contributed by atoms with E-state index in [-0.39, 0.29) is 41.5 Å². The summed E-state index contributed by atoms with van der Waals surface area (Å²) in [6.45, 7) is 2.94. The molecule has 0 saturated heterocycles. The molecule has 9 heteroatoms. The Labute approximate surface area is 166 Å². The number of Topliss-reactive ketones (excluding diaryl/α,β-unsaturated/α-hetero) is 1. The van der Waals surface area contributed by atoms with Crippen LogP contribution in [-0.2, 0) is 17.8 Å². The Bertz CT molecular complexity index is 847. The average molecular weight is 412 g/mol. The summed E-state index contributed by atoms with van der Waals surface area (Å²) in [5, 5.41) is 2.78. The van der Waals surface area contributed by atoms with E-state index >= 15 is 0 Å². The van der Waals surface area contributed by atoms with Crippen LogP contribution in [0.25, 0.3) is 0 Å². The van der Waals surface area contributed by atoms with Gasteiger partial charge in [-0.3, -0.25) is 14.6 Å². The predicted octanol–water partition coefficient (Wildman–Crippen LogP) is 3.47. The fraction of sp³-hybridized carbons (Fsp3) is 0.368. The first kappa shape index (κ1) is 21.7. The maximum atomic E-state index is 12.3. The zero-order valence-corrected chi connectivity index (χ0v) is 16.2. The minimum Gasteiger partial charge on any atom is -0.471 e. The number of ketones is 1. The van der Waals surface area contributed by atoms with E-state index in [1.165, 1.54) is 18.5 Å². The highest BCUT2D eigenvalue weighted by atomic mass is 35.5. The lowest BCUT2D eigenvalue weighted by Crippen LogP contribution is -2.23. The van der Waals surface area contributed by atoms with Crippen molar-refractivity contribution in [2.75, 3.05) is 6.61 Å². The lowest BCUT2D eigenvalue weighted by Gasteiger charge is -2.09. The molecule has 0 spiro atoms. The number of halogens is 3. The number of aromatic nitrogens is 2. The molecule has 0 bridgehead atoms. The number of nitrogens with one attached hydrogen (secondary N) is 1. The number of nitrogens with zero attached hydrogens (tertiary/aromatic N) is 2. The highest BCUT2D eigenvalue weighted by molar-refractivity contribution is 6.31. The van der Waals surface area contributed by atoms with Crippen molar-refractivity contribution in [1.29, 1.82) is 0 Å². The third kappa shape index (κ3) is 6.53. The minimum atomic E-state index is -2.63. The van der Waals surface area contributed by atoms with Crippen molar-refractivity contribution in [2.24, 2.45) is 5.92 Å². The fourth-order valence-corrected chi connectivity index (χ4v) is 2.44. The van der Waals surface area contributed by atoms with Crippen molar-refractivity contribution in [1.82, 2.24) is 15.3 Å². The second kappa shape index (κ2) is 10.1. The largest absolute Gasteiger partial charge is 0.471 e. The van der Waals surface area contributed by atoms with E-state index in [0.717, 1.165) is 0 Å². The predicted molar refractivity (Wildman–Crippen MR) is 99.7 cm³/mol. The Morgan fingerprint density at radius 3 is 2.64 bits per heavy atom. The SMILES string of the molecule is CC(C)C(=O)Cc1cc(C(=O)NCc2cnc(OCC(F)F)c(Cl)c2)ccn1. The Balaban J connectivity index is 1.96. The molecule has 1 N–H and O–H groups in total. The maximum absolute atomic E-state index is 12.3. The molecule has 0 aliphatic carbocycles. The number of ether oxygens (including phenoxy) is 1. The zero-order chi connectivity index (χ0) is 20.7. The molecule has 0 unspecified atom stereocenters. The average Bonchev–Trinajstić information content (AvgIpc) is 2.65. The molecule has 28 heavy (non-hydrogen) atoms. The van der Waals surface area contributed by atoms with Gasteiger partial charge in [-0.2, -0.15) is 0 Å². The van der Waals surface area contributed by atoms with Gasteiger partial charge in [-0.05, 0) is 23.8 Å². The molecule has 0 saturated carbocycles. The van der Waals surface area contributed by atoms with Crippen LogP contribution in [0.2, 0.25) is 5.02 Å². The van der Waals surface area contributed by atoms with Crippen molar-refractivity contribution in [3.05, 3.63) is 52.4 Å². The van der Waals surface area contributed by atoms with Gasteiger partial charge in [-0.1, -0.05) is 25.4 Å². The molecule has 0 aliphatic heterocycles. The summed E-state index contributed by atoms with van der Waals surface area (Å²) < 4.78 is 29.1. The zero-order valence-electron chi connectivity index (χ0n) is 15.4. The molecule has 1 amide bonds. The second-order valence-electron chi connectivity index (χ2n) is 6.35. The molecule has 2 rings (SSSR count). The van der Waals surface area contributed by atoms with E-state index in [2.05, 4.69) is 15.3 Å². The summed E-state index contributed by atoms with van der Waals surface area (Å²) in [6.07, 6.45) is 0.397. The number of alkyl halides is 2. The Morgan fingerprint density at radius 2 is 2.00 bits per heavy atom. The van der Waals surface area contributed by atoms with Crippen molar-refractivity contribution in [2.45, 2.75) is 33.2 Å². The molecule has 2 aromatic rings. The summed E-state index contributed by atoms with van der Waals surface area (Å²) in [6, 6.07) is 4.60. The first-order valence-electron chi connectivity index (χ1n) is 8.57. The second-order valence-corrected chi connectivity index (χ2v) is 6.76. The molecular formula is C19H20ClF2N3O3. The van der Waals surface area contributed by atoms with Gasteiger partial charge in [-0.15, -0.1) is 0 Å². The van der Waals surface area contributed by atoms with Crippen LogP contribution in [0.5, 0.6) is 5.88 Å². The van der Waals surface area contributed by atoms with Crippen molar-refractivity contribution in [3.63, 3.8) is 0 Å². The van der Waals surface area contributed by atoms with Crippen LogP contribution in [0.4, 0.5) is 8.78 Å². The van der Waals surface area contributed by atoms with E-state index in [4.69, 9.17) is 16.3 Å². The van der Waals surface area contributed by atoms with Crippen LogP contribution in [0, 0.1) is 5.92 Å². The number of rotatable bonds is 9. The van der Waals surface area contributed by atoms with Gasteiger partial charge in [-0.25, -0.2) is 13.8 Å². The summed E-state index contributed by atoms with van der Waals surface area (Å²) in [7, 11) is 0. The van der Waals surface area contributed by atoms with E-state index < -0.39 is 13.0 Å². The Hall–Kier alpha value is -2.61. The summed E-state index contributed by atoms with van der Waals surface area (Å²) in [5.41, 5.74) is 1.47. The third-order valence-electron chi connectivity index (χ3n) is 3.74. The van der Waals surface area contributed by atoms with Crippen LogP contribution in [0.3, 0.4) is 0 Å². The highest BCUT2D eigenvalue weighted by Gasteiger charge is 2.13. The van der Waals surface area contributed by atoms with Crippen LogP contribution < -0.4 is 10.1 Å². The van der Waals surface area contributed by atoms with Gasteiger partial charge in [0.25, 0.3) is 12.3 Å². The lowest BCUT2D eigenvalue weighted by molar-refractivity contribution is -0.121. The minimum absolute atomic E-state index is 0.0416. The van der Waals surface area contributed by atoms with Gasteiger partial charge in [0.05, 0.1) is 0 Å². The van der Waals surface area contributed by atoms with Gasteiger partial charge in [0.1, 0.15) is 10.8 Å². The number of amides is 1. The fourth-order valence-electron chi connectivity index (χ4n) is 2.19. The lowest BCUT2D eigenvalue weighted by atomic mass is 10.0. The molecule has 0 aliphatic rings. The molecule has 0 atom stereocenters. The van der Waals surface area contributed by atoms with Crippen LogP contribution >= 0.6 is 11.6 Å². The molecule has 2 aromatic heterocycles. The molecule has 6 nitrogen and oxygen atoms in total. The molecular weight excluding hydrogens is 392 g/mol. The quantitative estimate of drug-likeness (QED) is 0.683. The number of carbonyl (C=O) groups excluding carboxylic acids is 2. The van der Waals surface area contributed by atoms with E-state index in [1.54, 1.807) is 12.1 Å². The topological polar surface area (TPSA) is 81.2 Å². The van der Waals surface area contributed by atoms with Gasteiger partial charge in [0, 0.05) is 42.5 Å². The molecule has 0 radical (unpaired) electrons. The standard InChI is InChI=1S/C19H20ClF2N3O3/c1-11(2)16(26)7-14-6-13(3-4-23-14)18(27)24-8-12-5-15(20)19(25-9-12)28-10-17(21)22/h3-6,9,11,17H,7-8,10H2,1-2H3,(H,24,27). The monoisotopic (exact) mass is 411 g/mol. The molecule has 0 fully saturated rings. The van der Waals surface area contributed by atoms with Crippen LogP contribution in [0.1, 0.15) is 35.5 Å². The van der Waals surface area contributed by atoms with Crippen molar-refractivity contribution < 1.29 is 23.1 Å². The highest BCUT2D eigenvalue weighted by Crippen LogP contribution is 2.22. The smallest absolute Gasteiger partial charge is 0.272 e. The molecule has 2 heterocycles. The molecule has 0 aromatic carbocycles. The maximum Gasteiger partial charge on any atom is 0.272 e. The van der Waals surface area contributed by atoms with Gasteiger partial charge >= 0.3 is 0 Å². The van der Waals surface area contributed by atoms with Crippen LogP contribution in [0.15, 0.2) is 30.6 Å². The van der Waals surface area contributed by atoms with E-state index in [1.807, 2.05) is 13.8 Å². The summed E-state index contributed by atoms with van der Waals surface area (Å²) >= 11 is 5.95. The first-order valence-corrected chi connectivity index (χ1v) is 8.95. The number of carbonyl (C=O) groups is 2. The Kier molecular flexibility index (Phi) is 7.80. The van der Waals surface area contributed by atoms with Gasteiger partial charge in [0.15, 0.2) is 6.61 Å².